The highest BCUT2D eigenvalue weighted by Gasteiger charge is 2.38. The van der Waals surface area contributed by atoms with Crippen molar-refractivity contribution in [3.05, 3.63) is 17.4 Å². The van der Waals surface area contributed by atoms with Crippen molar-refractivity contribution in [3.63, 3.8) is 0 Å². The second kappa shape index (κ2) is 6.74. The van der Waals surface area contributed by atoms with Crippen molar-refractivity contribution in [2.45, 2.75) is 79.1 Å². The van der Waals surface area contributed by atoms with Crippen molar-refractivity contribution >= 4 is 8.32 Å². The van der Waals surface area contributed by atoms with Gasteiger partial charge in [-0.15, -0.1) is 5.73 Å². The molecule has 0 bridgehead atoms. The van der Waals surface area contributed by atoms with Gasteiger partial charge in [-0.2, -0.15) is 0 Å². The summed E-state index contributed by atoms with van der Waals surface area (Å²) in [7, 11) is -1.67. The second-order valence-corrected chi connectivity index (χ2v) is 11.9. The monoisotopic (exact) mass is 268 g/mol. The summed E-state index contributed by atoms with van der Waals surface area (Å²) in [6.07, 6.45) is 3.41. The lowest BCUT2D eigenvalue weighted by Gasteiger charge is -2.38. The molecule has 0 saturated carbocycles. The minimum atomic E-state index is -1.67. The first-order valence-corrected chi connectivity index (χ1v) is 9.97. The van der Waals surface area contributed by atoms with E-state index in [4.69, 9.17) is 4.43 Å². The van der Waals surface area contributed by atoms with Crippen LogP contribution < -0.4 is 0 Å². The molecule has 1 atom stereocenters. The first-order chi connectivity index (χ1) is 7.97. The van der Waals surface area contributed by atoms with Crippen molar-refractivity contribution in [1.29, 1.82) is 0 Å². The maximum absolute atomic E-state index is 6.34. The van der Waals surface area contributed by atoms with Gasteiger partial charge in [0.1, 0.15) is 0 Å². The fourth-order valence-electron chi connectivity index (χ4n) is 1.28. The second-order valence-electron chi connectivity index (χ2n) is 7.18. The van der Waals surface area contributed by atoms with Gasteiger partial charge in [0.15, 0.2) is 8.32 Å². The molecule has 0 rings (SSSR count). The molecule has 0 spiro atoms. The Morgan fingerprint density at radius 3 is 2.11 bits per heavy atom. The van der Waals surface area contributed by atoms with E-state index in [-0.39, 0.29) is 11.1 Å². The van der Waals surface area contributed by atoms with Gasteiger partial charge in [-0.05, 0) is 56.0 Å². The van der Waals surface area contributed by atoms with Crippen molar-refractivity contribution in [2.24, 2.45) is 5.92 Å². The first-order valence-electron chi connectivity index (χ1n) is 7.07. The van der Waals surface area contributed by atoms with Crippen LogP contribution >= 0.6 is 0 Å². The van der Waals surface area contributed by atoms with Crippen molar-refractivity contribution in [1.82, 2.24) is 0 Å². The molecule has 0 aliphatic rings. The Morgan fingerprint density at radius 2 is 1.72 bits per heavy atom. The van der Waals surface area contributed by atoms with Gasteiger partial charge in [0.2, 0.25) is 0 Å². The molecule has 0 aliphatic carbocycles. The van der Waals surface area contributed by atoms with E-state index < -0.39 is 8.32 Å². The zero-order chi connectivity index (χ0) is 14.6. The number of rotatable bonds is 5. The highest BCUT2D eigenvalue weighted by molar-refractivity contribution is 6.74. The van der Waals surface area contributed by atoms with Crippen LogP contribution in [-0.2, 0) is 4.43 Å². The van der Waals surface area contributed by atoms with Gasteiger partial charge in [0.25, 0.3) is 0 Å². The van der Waals surface area contributed by atoms with Gasteiger partial charge in [-0.1, -0.05) is 34.6 Å². The summed E-state index contributed by atoms with van der Waals surface area (Å²) in [6.45, 7) is 20.1. The van der Waals surface area contributed by atoms with E-state index in [1.165, 1.54) is 5.57 Å². The SMILES string of the molecule is CC(=C=CCC(C)C)[C@H](C)O[Si](C)(C)C(C)(C)C. The molecule has 0 fully saturated rings. The Kier molecular flexibility index (Phi) is 6.63. The molecular weight excluding hydrogens is 236 g/mol. The molecule has 106 valence electrons. The first kappa shape index (κ1) is 17.7. The average Bonchev–Trinajstić information content (AvgIpc) is 2.14. The molecule has 0 aromatic heterocycles. The summed E-state index contributed by atoms with van der Waals surface area (Å²) in [5, 5.41) is 0.267. The molecule has 0 unspecified atom stereocenters. The predicted molar refractivity (Wildman–Crippen MR) is 84.5 cm³/mol. The summed E-state index contributed by atoms with van der Waals surface area (Å²) >= 11 is 0. The van der Waals surface area contributed by atoms with Crippen LogP contribution in [0.1, 0.15) is 54.9 Å². The molecule has 0 aromatic carbocycles. The third kappa shape index (κ3) is 6.04. The fraction of sp³-hybridized carbons (Fsp3) is 0.812. The van der Waals surface area contributed by atoms with Gasteiger partial charge in [0.05, 0.1) is 6.10 Å². The van der Waals surface area contributed by atoms with Gasteiger partial charge < -0.3 is 4.43 Å². The maximum Gasteiger partial charge on any atom is 0.192 e. The molecule has 2 heteroatoms. The third-order valence-corrected chi connectivity index (χ3v) is 8.36. The van der Waals surface area contributed by atoms with Gasteiger partial charge >= 0.3 is 0 Å². The van der Waals surface area contributed by atoms with E-state index in [9.17, 15) is 0 Å². The zero-order valence-electron chi connectivity index (χ0n) is 13.8. The van der Waals surface area contributed by atoms with Gasteiger partial charge in [-0.25, -0.2) is 0 Å². The molecule has 0 saturated heterocycles. The summed E-state index contributed by atoms with van der Waals surface area (Å²) in [6, 6.07) is 0. The highest BCUT2D eigenvalue weighted by Crippen LogP contribution is 2.37. The van der Waals surface area contributed by atoms with Crippen molar-refractivity contribution < 1.29 is 4.43 Å². The zero-order valence-corrected chi connectivity index (χ0v) is 14.8. The summed E-state index contributed by atoms with van der Waals surface area (Å²) in [5.41, 5.74) is 4.59. The van der Waals surface area contributed by atoms with E-state index in [1.807, 2.05) is 0 Å². The molecule has 0 amide bonds. The van der Waals surface area contributed by atoms with E-state index in [0.29, 0.717) is 5.92 Å². The highest BCUT2D eigenvalue weighted by atomic mass is 28.4. The molecule has 18 heavy (non-hydrogen) atoms. The smallest absolute Gasteiger partial charge is 0.192 e. The Balaban J connectivity index is 4.68. The van der Waals surface area contributed by atoms with E-state index >= 15 is 0 Å². The lowest BCUT2D eigenvalue weighted by Crippen LogP contribution is -2.43. The molecular formula is C16H32OSi. The molecule has 0 N–H and O–H groups in total. The van der Waals surface area contributed by atoms with E-state index in [0.717, 1.165) is 6.42 Å². The Morgan fingerprint density at radius 1 is 1.22 bits per heavy atom. The summed E-state index contributed by atoms with van der Waals surface area (Å²) in [4.78, 5) is 0. The molecule has 0 radical (unpaired) electrons. The van der Waals surface area contributed by atoms with Crippen molar-refractivity contribution in [2.75, 3.05) is 0 Å². The van der Waals surface area contributed by atoms with Crippen LogP contribution in [-0.4, -0.2) is 14.4 Å². The standard InChI is InChI=1S/C16H32OSi/c1-13(2)11-10-12-14(3)15(4)17-18(8,9)16(5,6)7/h10,13,15H,11H2,1-9H3/t12?,15-/m0/s1. The van der Waals surface area contributed by atoms with Crippen LogP contribution in [0.3, 0.4) is 0 Å². The van der Waals surface area contributed by atoms with E-state index in [2.05, 4.69) is 73.4 Å². The van der Waals surface area contributed by atoms with Crippen LogP contribution in [0, 0.1) is 5.92 Å². The largest absolute Gasteiger partial charge is 0.410 e. The molecule has 0 heterocycles. The van der Waals surface area contributed by atoms with Crippen LogP contribution in [0.5, 0.6) is 0 Å². The van der Waals surface area contributed by atoms with Crippen molar-refractivity contribution in [3.8, 4) is 0 Å². The van der Waals surface area contributed by atoms with Gasteiger partial charge in [0, 0.05) is 0 Å². The lowest BCUT2D eigenvalue weighted by molar-refractivity contribution is 0.232. The minimum Gasteiger partial charge on any atom is -0.410 e. The van der Waals surface area contributed by atoms with Crippen LogP contribution in [0.25, 0.3) is 0 Å². The summed E-state index contributed by atoms with van der Waals surface area (Å²) in [5.74, 6) is 0.696. The van der Waals surface area contributed by atoms with Gasteiger partial charge in [-0.3, -0.25) is 0 Å². The molecule has 1 nitrogen and oxygen atoms in total. The Bertz CT molecular complexity index is 314. The molecule has 0 aliphatic heterocycles. The van der Waals surface area contributed by atoms with Crippen LogP contribution in [0.4, 0.5) is 0 Å². The predicted octanol–water partition coefficient (Wildman–Crippen LogP) is 5.54. The average molecular weight is 269 g/mol. The Hall–Kier alpha value is -0.303. The quantitative estimate of drug-likeness (QED) is 0.469. The van der Waals surface area contributed by atoms with Crippen LogP contribution in [0.15, 0.2) is 17.4 Å². The lowest BCUT2D eigenvalue weighted by atomic mass is 10.1. The van der Waals surface area contributed by atoms with Crippen LogP contribution in [0.2, 0.25) is 18.1 Å². The normalized spacial score (nSPS) is 14.3. The molecule has 0 aromatic rings. The Labute approximate surface area is 115 Å². The third-order valence-electron chi connectivity index (χ3n) is 3.81. The number of hydrogen-bond donors (Lipinski definition) is 0. The fourth-order valence-corrected chi connectivity index (χ4v) is 2.69. The summed E-state index contributed by atoms with van der Waals surface area (Å²) < 4.78 is 6.34. The van der Waals surface area contributed by atoms with E-state index in [1.54, 1.807) is 0 Å². The maximum atomic E-state index is 6.34. The number of hydrogen-bond acceptors (Lipinski definition) is 1. The minimum absolute atomic E-state index is 0.175. The topological polar surface area (TPSA) is 9.23 Å².